The van der Waals surface area contributed by atoms with Crippen LogP contribution < -0.4 is 16.4 Å². The van der Waals surface area contributed by atoms with E-state index in [0.717, 1.165) is 5.56 Å². The predicted octanol–water partition coefficient (Wildman–Crippen LogP) is 1.30. The van der Waals surface area contributed by atoms with E-state index in [1.165, 1.54) is 0 Å². The molecular weight excluding hydrogens is 330 g/mol. The van der Waals surface area contributed by atoms with Gasteiger partial charge in [-0.25, -0.2) is 0 Å². The highest BCUT2D eigenvalue weighted by atomic mass is 35.5. The summed E-state index contributed by atoms with van der Waals surface area (Å²) >= 11 is 0. The summed E-state index contributed by atoms with van der Waals surface area (Å²) < 4.78 is 1.55. The maximum Gasteiger partial charge on any atom is 0.246 e. The third kappa shape index (κ3) is 6.80. The van der Waals surface area contributed by atoms with Crippen LogP contribution in [0.25, 0.3) is 0 Å². The molecule has 0 saturated heterocycles. The van der Waals surface area contributed by atoms with E-state index in [9.17, 15) is 9.59 Å². The summed E-state index contributed by atoms with van der Waals surface area (Å²) in [5, 5.41) is 9.60. The Morgan fingerprint density at radius 1 is 1.29 bits per heavy atom. The molecule has 0 spiro atoms. The Morgan fingerprint density at radius 2 is 2.08 bits per heavy atom. The zero-order valence-electron chi connectivity index (χ0n) is 13.4. The lowest BCUT2D eigenvalue weighted by molar-refractivity contribution is -0.121. The second-order valence-corrected chi connectivity index (χ2v) is 5.41. The van der Waals surface area contributed by atoms with Gasteiger partial charge in [-0.05, 0) is 30.7 Å². The molecule has 7 nitrogen and oxygen atoms in total. The Morgan fingerprint density at radius 3 is 2.75 bits per heavy atom. The van der Waals surface area contributed by atoms with Crippen molar-refractivity contribution in [2.75, 3.05) is 5.32 Å². The molecule has 1 aromatic heterocycles. The fourth-order valence-electron chi connectivity index (χ4n) is 2.07. The van der Waals surface area contributed by atoms with Gasteiger partial charge in [-0.15, -0.1) is 12.4 Å². The summed E-state index contributed by atoms with van der Waals surface area (Å²) in [4.78, 5) is 23.5. The Bertz CT molecular complexity index is 658. The summed E-state index contributed by atoms with van der Waals surface area (Å²) in [7, 11) is 0. The zero-order chi connectivity index (χ0) is 16.7. The largest absolute Gasteiger partial charge is 0.352 e. The van der Waals surface area contributed by atoms with Crippen molar-refractivity contribution in [3.8, 4) is 0 Å². The molecule has 8 heteroatoms. The number of anilines is 1. The van der Waals surface area contributed by atoms with Gasteiger partial charge in [0.25, 0.3) is 0 Å². The first-order valence-corrected chi connectivity index (χ1v) is 7.41. The number of amides is 2. The number of nitrogens with two attached hydrogens (primary N) is 1. The van der Waals surface area contributed by atoms with Gasteiger partial charge in [0.05, 0.1) is 0 Å². The van der Waals surface area contributed by atoms with Crippen molar-refractivity contribution in [3.05, 3.63) is 48.3 Å². The first kappa shape index (κ1) is 19.7. The van der Waals surface area contributed by atoms with E-state index < -0.39 is 0 Å². The molecule has 130 valence electrons. The number of carbonyl (C=O) groups excluding carboxylic acids is 2. The number of rotatable bonds is 7. The van der Waals surface area contributed by atoms with Gasteiger partial charge in [0, 0.05) is 37.1 Å². The smallest absolute Gasteiger partial charge is 0.246 e. The first-order valence-electron chi connectivity index (χ1n) is 7.41. The van der Waals surface area contributed by atoms with E-state index in [0.29, 0.717) is 18.7 Å². The van der Waals surface area contributed by atoms with Crippen molar-refractivity contribution >= 4 is 29.9 Å². The lowest BCUT2D eigenvalue weighted by Gasteiger charge is -2.10. The van der Waals surface area contributed by atoms with E-state index >= 15 is 0 Å². The third-order valence-electron chi connectivity index (χ3n) is 3.07. The van der Waals surface area contributed by atoms with E-state index in [1.807, 2.05) is 18.2 Å². The van der Waals surface area contributed by atoms with Crippen molar-refractivity contribution in [1.82, 2.24) is 15.1 Å². The summed E-state index contributed by atoms with van der Waals surface area (Å²) in [5.41, 5.74) is 7.17. The Kier molecular flexibility index (Phi) is 7.94. The van der Waals surface area contributed by atoms with Crippen LogP contribution in [0.3, 0.4) is 0 Å². The molecule has 0 radical (unpaired) electrons. The molecule has 0 aliphatic carbocycles. The molecule has 1 atom stereocenters. The van der Waals surface area contributed by atoms with Gasteiger partial charge in [-0.1, -0.05) is 12.1 Å². The lowest BCUT2D eigenvalue weighted by atomic mass is 10.2. The Labute approximate surface area is 147 Å². The highest BCUT2D eigenvalue weighted by Crippen LogP contribution is 2.10. The molecule has 2 rings (SSSR count). The minimum atomic E-state index is -0.164. The summed E-state index contributed by atoms with van der Waals surface area (Å²) in [6.45, 7) is 2.34. The van der Waals surface area contributed by atoms with Crippen molar-refractivity contribution in [3.63, 3.8) is 0 Å². The Balaban J connectivity index is 0.00000288. The topological polar surface area (TPSA) is 102 Å². The fourth-order valence-corrected chi connectivity index (χ4v) is 2.07. The molecular formula is C16H22ClN5O2. The highest BCUT2D eigenvalue weighted by molar-refractivity contribution is 5.90. The number of nitrogens with zero attached hydrogens (tertiary/aromatic N) is 2. The van der Waals surface area contributed by atoms with Crippen LogP contribution in [0, 0.1) is 0 Å². The number of halogens is 1. The molecule has 1 aromatic carbocycles. The monoisotopic (exact) mass is 351 g/mol. The molecule has 0 aliphatic rings. The number of nitrogens with one attached hydrogen (secondary N) is 2. The normalized spacial score (nSPS) is 11.2. The van der Waals surface area contributed by atoms with Crippen LogP contribution in [-0.2, 0) is 22.7 Å². The molecule has 2 aromatic rings. The van der Waals surface area contributed by atoms with Gasteiger partial charge < -0.3 is 16.4 Å². The minimum absolute atomic E-state index is 0. The average molecular weight is 352 g/mol. The highest BCUT2D eigenvalue weighted by Gasteiger charge is 2.06. The van der Waals surface area contributed by atoms with Crippen LogP contribution in [0.5, 0.6) is 0 Å². The molecule has 0 bridgehead atoms. The van der Waals surface area contributed by atoms with E-state index in [4.69, 9.17) is 5.73 Å². The maximum atomic E-state index is 11.9. The molecule has 24 heavy (non-hydrogen) atoms. The number of carbonyl (C=O) groups is 2. The third-order valence-corrected chi connectivity index (χ3v) is 3.07. The summed E-state index contributed by atoms with van der Waals surface area (Å²) in [5.74, 6) is -0.250. The van der Waals surface area contributed by atoms with E-state index in [-0.39, 0.29) is 36.8 Å². The predicted molar refractivity (Wildman–Crippen MR) is 94.7 cm³/mol. The SMILES string of the molecule is CC(N)CC(=O)NCc1cccc(NC(=O)Cn2cccn2)c1.Cl. The van der Waals surface area contributed by atoms with Crippen molar-refractivity contribution < 1.29 is 9.59 Å². The standard InChI is InChI=1S/C16H21N5O2.ClH/c1-12(17)8-15(22)18-10-13-4-2-5-14(9-13)20-16(23)11-21-7-3-6-19-21;/h2-7,9,12H,8,10-11,17H2,1H3,(H,18,22)(H,20,23);1H. The summed E-state index contributed by atoms with van der Waals surface area (Å²) in [6.07, 6.45) is 3.64. The molecule has 0 saturated carbocycles. The van der Waals surface area contributed by atoms with Gasteiger partial charge in [-0.2, -0.15) is 5.10 Å². The molecule has 2 amide bonds. The second kappa shape index (κ2) is 9.69. The van der Waals surface area contributed by atoms with Crippen LogP contribution in [0.2, 0.25) is 0 Å². The van der Waals surface area contributed by atoms with Crippen LogP contribution >= 0.6 is 12.4 Å². The number of benzene rings is 1. The van der Waals surface area contributed by atoms with Gasteiger partial charge in [0.1, 0.15) is 6.54 Å². The van der Waals surface area contributed by atoms with Crippen molar-refractivity contribution in [2.24, 2.45) is 5.73 Å². The van der Waals surface area contributed by atoms with Crippen LogP contribution in [0.1, 0.15) is 18.9 Å². The lowest BCUT2D eigenvalue weighted by Crippen LogP contribution is -2.29. The Hall–Kier alpha value is -2.38. The number of hydrogen-bond donors (Lipinski definition) is 3. The second-order valence-electron chi connectivity index (χ2n) is 5.41. The van der Waals surface area contributed by atoms with Crippen LogP contribution in [0.15, 0.2) is 42.7 Å². The molecule has 4 N–H and O–H groups in total. The van der Waals surface area contributed by atoms with Gasteiger partial charge in [0.15, 0.2) is 0 Å². The van der Waals surface area contributed by atoms with Crippen molar-refractivity contribution in [2.45, 2.75) is 32.5 Å². The van der Waals surface area contributed by atoms with Gasteiger partial charge >= 0.3 is 0 Å². The minimum Gasteiger partial charge on any atom is -0.352 e. The van der Waals surface area contributed by atoms with Gasteiger partial charge in [-0.3, -0.25) is 14.3 Å². The zero-order valence-corrected chi connectivity index (χ0v) is 14.3. The van der Waals surface area contributed by atoms with Gasteiger partial charge in [0.2, 0.25) is 11.8 Å². The van der Waals surface area contributed by atoms with E-state index in [2.05, 4.69) is 15.7 Å². The molecule has 0 fully saturated rings. The molecule has 1 unspecified atom stereocenters. The van der Waals surface area contributed by atoms with Crippen molar-refractivity contribution in [1.29, 1.82) is 0 Å². The van der Waals surface area contributed by atoms with Crippen LogP contribution in [0.4, 0.5) is 5.69 Å². The number of aromatic nitrogens is 2. The van der Waals surface area contributed by atoms with Crippen LogP contribution in [-0.4, -0.2) is 27.6 Å². The number of hydrogen-bond acceptors (Lipinski definition) is 4. The summed E-state index contributed by atoms with van der Waals surface area (Å²) in [6, 6.07) is 8.94. The molecule has 1 heterocycles. The van der Waals surface area contributed by atoms with E-state index in [1.54, 1.807) is 36.1 Å². The quantitative estimate of drug-likeness (QED) is 0.699. The fraction of sp³-hybridized carbons (Fsp3) is 0.312. The first-order chi connectivity index (χ1) is 11.0. The maximum absolute atomic E-state index is 11.9. The molecule has 0 aliphatic heterocycles. The average Bonchev–Trinajstić information content (AvgIpc) is 2.97.